The fourth-order valence-corrected chi connectivity index (χ4v) is 5.25. The Balaban J connectivity index is 1.57. The molecule has 1 amide bonds. The monoisotopic (exact) mass is 421 g/mol. The zero-order chi connectivity index (χ0) is 21.7. The Morgan fingerprint density at radius 1 is 1.23 bits per heavy atom. The van der Waals surface area contributed by atoms with Crippen molar-refractivity contribution in [2.45, 2.75) is 57.5 Å². The number of carboxylic acids is 1. The Bertz CT molecular complexity index is 1050. The highest BCUT2D eigenvalue weighted by molar-refractivity contribution is 6.04. The van der Waals surface area contributed by atoms with Crippen molar-refractivity contribution < 1.29 is 14.7 Å². The van der Waals surface area contributed by atoms with Crippen molar-refractivity contribution in [2.75, 3.05) is 28.3 Å². The Hall–Kier alpha value is -3.16. The first-order chi connectivity index (χ1) is 15.0. The summed E-state index contributed by atoms with van der Waals surface area (Å²) in [7, 11) is 1.80. The van der Waals surface area contributed by atoms with Crippen molar-refractivity contribution in [3.8, 4) is 0 Å². The molecule has 2 aliphatic heterocycles. The molecule has 1 fully saturated rings. The molecule has 8 heteroatoms. The Labute approximate surface area is 181 Å². The van der Waals surface area contributed by atoms with E-state index in [-0.39, 0.29) is 11.9 Å². The van der Waals surface area contributed by atoms with Crippen LogP contribution in [0.3, 0.4) is 0 Å². The minimum Gasteiger partial charge on any atom is -0.478 e. The van der Waals surface area contributed by atoms with Gasteiger partial charge in [-0.25, -0.2) is 9.78 Å². The number of aromatic nitrogens is 2. The second kappa shape index (κ2) is 7.51. The fourth-order valence-electron chi connectivity index (χ4n) is 5.25. The van der Waals surface area contributed by atoms with Crippen molar-refractivity contribution in [2.24, 2.45) is 0 Å². The van der Waals surface area contributed by atoms with Crippen LogP contribution in [0.4, 0.5) is 23.1 Å². The van der Waals surface area contributed by atoms with Crippen LogP contribution in [-0.2, 0) is 11.2 Å². The van der Waals surface area contributed by atoms with E-state index in [4.69, 9.17) is 4.98 Å². The third kappa shape index (κ3) is 3.12. The van der Waals surface area contributed by atoms with Gasteiger partial charge < -0.3 is 19.8 Å². The lowest BCUT2D eigenvalue weighted by molar-refractivity contribution is -0.120. The second-order valence-electron chi connectivity index (χ2n) is 8.60. The molecule has 1 aromatic carbocycles. The van der Waals surface area contributed by atoms with E-state index in [0.717, 1.165) is 48.4 Å². The Morgan fingerprint density at radius 3 is 2.71 bits per heavy atom. The van der Waals surface area contributed by atoms with Gasteiger partial charge in [0.25, 0.3) is 0 Å². The number of carbonyl (C=O) groups excluding carboxylic acids is 1. The summed E-state index contributed by atoms with van der Waals surface area (Å²) in [6.07, 6.45) is 7.77. The largest absolute Gasteiger partial charge is 0.478 e. The van der Waals surface area contributed by atoms with Crippen molar-refractivity contribution in [3.05, 3.63) is 35.5 Å². The zero-order valence-electron chi connectivity index (χ0n) is 17.9. The highest BCUT2D eigenvalue weighted by Gasteiger charge is 2.41. The van der Waals surface area contributed by atoms with Gasteiger partial charge in [-0.1, -0.05) is 19.8 Å². The van der Waals surface area contributed by atoms with Crippen LogP contribution in [0, 0.1) is 0 Å². The van der Waals surface area contributed by atoms with Crippen LogP contribution in [-0.4, -0.2) is 52.6 Å². The summed E-state index contributed by atoms with van der Waals surface area (Å²) >= 11 is 0. The number of hydrogen-bond acceptors (Lipinski definition) is 6. The molecule has 0 saturated heterocycles. The quantitative estimate of drug-likeness (QED) is 0.809. The molecule has 2 aromatic rings. The smallest absolute Gasteiger partial charge is 0.335 e. The molecule has 31 heavy (non-hydrogen) atoms. The molecule has 1 aliphatic carbocycles. The molecular weight excluding hydrogens is 394 g/mol. The SMILES string of the molecule is CC[C@@H]1C(=O)N(C)c2cnc(N3CCc4cc(C(=O)O)ccc43)nc2N1C1CCCC1. The summed E-state index contributed by atoms with van der Waals surface area (Å²) in [6.45, 7) is 2.76. The molecule has 1 atom stereocenters. The van der Waals surface area contributed by atoms with Gasteiger partial charge in [-0.2, -0.15) is 4.98 Å². The van der Waals surface area contributed by atoms with E-state index in [1.54, 1.807) is 30.3 Å². The van der Waals surface area contributed by atoms with Crippen LogP contribution in [0.25, 0.3) is 0 Å². The number of nitrogens with zero attached hydrogens (tertiary/aromatic N) is 5. The summed E-state index contributed by atoms with van der Waals surface area (Å²) in [4.78, 5) is 39.9. The first-order valence-electron chi connectivity index (χ1n) is 11.1. The van der Waals surface area contributed by atoms with Gasteiger partial charge >= 0.3 is 5.97 Å². The first-order valence-corrected chi connectivity index (χ1v) is 11.1. The van der Waals surface area contributed by atoms with Gasteiger partial charge in [-0.15, -0.1) is 0 Å². The van der Waals surface area contributed by atoms with Crippen LogP contribution in [0.2, 0.25) is 0 Å². The average molecular weight is 422 g/mol. The van der Waals surface area contributed by atoms with Crippen LogP contribution in [0.5, 0.6) is 0 Å². The standard InChI is InChI=1S/C23H27N5O3/c1-3-17-21(29)26(2)19-13-24-23(25-20(19)28(17)16-6-4-5-7-16)27-11-10-14-12-15(22(30)31)8-9-18(14)27/h8-9,12-13,16-17H,3-7,10-11H2,1-2H3,(H,30,31)/t17-/m1/s1. The van der Waals surface area contributed by atoms with Crippen LogP contribution >= 0.6 is 0 Å². The molecule has 8 nitrogen and oxygen atoms in total. The fraction of sp³-hybridized carbons (Fsp3) is 0.478. The number of fused-ring (bicyclic) bond motifs is 2. The van der Waals surface area contributed by atoms with Gasteiger partial charge in [-0.3, -0.25) is 4.79 Å². The van der Waals surface area contributed by atoms with Gasteiger partial charge in [0, 0.05) is 25.3 Å². The van der Waals surface area contributed by atoms with E-state index in [9.17, 15) is 14.7 Å². The van der Waals surface area contributed by atoms with Crippen molar-refractivity contribution >= 4 is 35.0 Å². The van der Waals surface area contributed by atoms with E-state index >= 15 is 0 Å². The number of likely N-dealkylation sites (N-methyl/N-ethyl adjacent to an activating group) is 1. The van der Waals surface area contributed by atoms with Crippen LogP contribution < -0.4 is 14.7 Å². The molecule has 0 unspecified atom stereocenters. The summed E-state index contributed by atoms with van der Waals surface area (Å²) in [5, 5.41) is 9.28. The Morgan fingerprint density at radius 2 is 2.00 bits per heavy atom. The number of aromatic carboxylic acids is 1. The molecule has 3 aliphatic rings. The number of amides is 1. The molecule has 162 valence electrons. The topological polar surface area (TPSA) is 89.9 Å². The van der Waals surface area contributed by atoms with Gasteiger partial charge in [0.1, 0.15) is 11.7 Å². The van der Waals surface area contributed by atoms with E-state index in [1.165, 1.54) is 12.8 Å². The summed E-state index contributed by atoms with van der Waals surface area (Å²) < 4.78 is 0. The third-order valence-electron chi connectivity index (χ3n) is 6.86. The summed E-state index contributed by atoms with van der Waals surface area (Å²) in [5.74, 6) is 0.616. The Kier molecular flexibility index (Phi) is 4.79. The lowest BCUT2D eigenvalue weighted by atomic mass is 10.0. The maximum Gasteiger partial charge on any atom is 0.335 e. The molecule has 0 bridgehead atoms. The summed E-state index contributed by atoms with van der Waals surface area (Å²) in [5.41, 5.74) is 2.99. The van der Waals surface area contributed by atoms with Crippen LogP contribution in [0.15, 0.2) is 24.4 Å². The number of anilines is 4. The number of rotatable bonds is 4. The van der Waals surface area contributed by atoms with Crippen molar-refractivity contribution in [3.63, 3.8) is 0 Å². The van der Waals surface area contributed by atoms with Gasteiger partial charge in [0.05, 0.1) is 11.8 Å². The van der Waals surface area contributed by atoms with Crippen molar-refractivity contribution in [1.29, 1.82) is 0 Å². The minimum atomic E-state index is -0.920. The van der Waals surface area contributed by atoms with E-state index in [0.29, 0.717) is 24.1 Å². The zero-order valence-corrected chi connectivity index (χ0v) is 17.9. The maximum absolute atomic E-state index is 13.0. The number of carboxylic acid groups (broad SMARTS) is 1. The molecule has 1 N–H and O–H groups in total. The molecular formula is C23H27N5O3. The molecule has 0 spiro atoms. The lowest BCUT2D eigenvalue weighted by Crippen LogP contribution is -2.55. The lowest BCUT2D eigenvalue weighted by Gasteiger charge is -2.43. The van der Waals surface area contributed by atoms with E-state index in [1.807, 2.05) is 11.0 Å². The molecule has 0 radical (unpaired) electrons. The number of benzene rings is 1. The highest BCUT2D eigenvalue weighted by atomic mass is 16.4. The summed E-state index contributed by atoms with van der Waals surface area (Å²) in [6, 6.07) is 5.33. The number of carbonyl (C=O) groups is 2. The predicted octanol–water partition coefficient (Wildman–Crippen LogP) is 3.37. The molecule has 1 saturated carbocycles. The number of hydrogen-bond donors (Lipinski definition) is 1. The second-order valence-corrected chi connectivity index (χ2v) is 8.60. The van der Waals surface area contributed by atoms with E-state index < -0.39 is 5.97 Å². The van der Waals surface area contributed by atoms with Gasteiger partial charge in [-0.05, 0) is 49.4 Å². The molecule has 5 rings (SSSR count). The third-order valence-corrected chi connectivity index (χ3v) is 6.86. The van der Waals surface area contributed by atoms with Crippen LogP contribution in [0.1, 0.15) is 54.9 Å². The normalized spacial score (nSPS) is 20.9. The first kappa shape index (κ1) is 19.8. The molecule has 1 aromatic heterocycles. The molecule has 3 heterocycles. The van der Waals surface area contributed by atoms with E-state index in [2.05, 4.69) is 16.8 Å². The average Bonchev–Trinajstić information content (AvgIpc) is 3.45. The maximum atomic E-state index is 13.0. The predicted molar refractivity (Wildman–Crippen MR) is 118 cm³/mol. The van der Waals surface area contributed by atoms with Gasteiger partial charge in [0.15, 0.2) is 5.82 Å². The highest BCUT2D eigenvalue weighted by Crippen LogP contribution is 2.41. The van der Waals surface area contributed by atoms with Gasteiger partial charge in [0.2, 0.25) is 11.9 Å². The van der Waals surface area contributed by atoms with Crippen molar-refractivity contribution in [1.82, 2.24) is 9.97 Å². The minimum absolute atomic E-state index is 0.103.